The zero-order valence-electron chi connectivity index (χ0n) is 7.07. The van der Waals surface area contributed by atoms with Gasteiger partial charge in [-0.15, -0.1) is 6.42 Å². The molecule has 0 fully saturated rings. The number of nitrogens with zero attached hydrogens (tertiary/aromatic N) is 2. The van der Waals surface area contributed by atoms with Gasteiger partial charge in [0.15, 0.2) is 0 Å². The lowest BCUT2D eigenvalue weighted by molar-refractivity contribution is 0.105. The Balaban J connectivity index is 2.71. The Hall–Kier alpha value is -1.60. The molecule has 0 saturated heterocycles. The number of hydrogen-bond acceptors (Lipinski definition) is 2. The molecule has 68 valence electrons. The van der Waals surface area contributed by atoms with E-state index in [1.54, 1.807) is 16.8 Å². The van der Waals surface area contributed by atoms with Crippen LogP contribution in [0.3, 0.4) is 0 Å². The molecule has 0 atom stereocenters. The van der Waals surface area contributed by atoms with Crippen LogP contribution in [0.5, 0.6) is 0 Å². The number of pyridine rings is 1. The first-order valence-electron chi connectivity index (χ1n) is 3.85. The number of halogens is 1. The van der Waals surface area contributed by atoms with Gasteiger partial charge in [-0.2, -0.15) is 0 Å². The molecule has 0 amide bonds. The topological polar surface area (TPSA) is 34.4 Å². The van der Waals surface area contributed by atoms with Gasteiger partial charge < -0.3 is 4.40 Å². The van der Waals surface area contributed by atoms with E-state index in [0.29, 0.717) is 5.69 Å². The van der Waals surface area contributed by atoms with Crippen LogP contribution in [0.4, 0.5) is 0 Å². The summed E-state index contributed by atoms with van der Waals surface area (Å²) >= 11 is 3.32. The number of rotatable bonds is 1. The minimum absolute atomic E-state index is 0.319. The van der Waals surface area contributed by atoms with E-state index in [1.807, 2.05) is 18.2 Å². The van der Waals surface area contributed by atoms with Gasteiger partial charge in [-0.25, -0.2) is 4.98 Å². The Morgan fingerprint density at radius 3 is 3.07 bits per heavy atom. The van der Waals surface area contributed by atoms with Gasteiger partial charge in [0.2, 0.25) is 0 Å². The second-order valence-corrected chi connectivity index (χ2v) is 3.62. The summed E-state index contributed by atoms with van der Waals surface area (Å²) in [7, 11) is 0. The van der Waals surface area contributed by atoms with Gasteiger partial charge in [0.05, 0.1) is 5.52 Å². The monoisotopic (exact) mass is 248 g/mol. The van der Waals surface area contributed by atoms with E-state index in [2.05, 4.69) is 20.9 Å². The molecule has 0 radical (unpaired) electrons. The highest BCUT2D eigenvalue weighted by atomic mass is 79.9. The number of aromatic nitrogens is 2. The summed E-state index contributed by atoms with van der Waals surface area (Å²) in [4.78, 5) is 15.2. The minimum atomic E-state index is -0.394. The van der Waals surface area contributed by atoms with E-state index in [0.717, 1.165) is 9.99 Å². The molecule has 0 spiro atoms. The van der Waals surface area contributed by atoms with E-state index in [9.17, 15) is 4.79 Å². The molecule has 0 aliphatic rings. The van der Waals surface area contributed by atoms with Crippen molar-refractivity contribution in [2.45, 2.75) is 0 Å². The summed E-state index contributed by atoms with van der Waals surface area (Å²) in [6.45, 7) is 0. The number of terminal acetylenes is 1. The van der Waals surface area contributed by atoms with Gasteiger partial charge >= 0.3 is 0 Å². The summed E-state index contributed by atoms with van der Waals surface area (Å²) in [5, 5.41) is 0. The largest absolute Gasteiger partial charge is 0.304 e. The van der Waals surface area contributed by atoms with E-state index >= 15 is 0 Å². The van der Waals surface area contributed by atoms with Crippen molar-refractivity contribution in [1.82, 2.24) is 9.38 Å². The quantitative estimate of drug-likeness (QED) is 0.439. The van der Waals surface area contributed by atoms with Crippen LogP contribution >= 0.6 is 15.9 Å². The maximum absolute atomic E-state index is 11.2. The Bertz CT molecular complexity index is 551. The van der Waals surface area contributed by atoms with Gasteiger partial charge in [-0.3, -0.25) is 4.79 Å². The van der Waals surface area contributed by atoms with Crippen molar-refractivity contribution < 1.29 is 4.79 Å². The molecule has 0 bridgehead atoms. The van der Waals surface area contributed by atoms with E-state index in [1.165, 1.54) is 0 Å². The summed E-state index contributed by atoms with van der Waals surface area (Å²) in [6, 6.07) is 3.63. The summed E-state index contributed by atoms with van der Waals surface area (Å²) in [5.74, 6) is 1.65. The highest BCUT2D eigenvalue weighted by Gasteiger charge is 2.10. The smallest absolute Gasteiger partial charge is 0.256 e. The third-order valence-corrected chi connectivity index (χ3v) is 2.31. The second kappa shape index (κ2) is 3.28. The lowest BCUT2D eigenvalue weighted by atomic mass is 10.2. The van der Waals surface area contributed by atoms with Crippen LogP contribution in [0.25, 0.3) is 5.52 Å². The standard InChI is InChI=1S/C10H5BrN2O/c1-2-9(14)10-8-4-3-7(11)5-13(8)6-12-10/h1,3-6H. The van der Waals surface area contributed by atoms with Crippen LogP contribution in [-0.2, 0) is 0 Å². The Labute approximate surface area is 88.9 Å². The molecule has 2 heterocycles. The zero-order chi connectivity index (χ0) is 10.1. The third-order valence-electron chi connectivity index (χ3n) is 1.84. The number of carbonyl (C=O) groups excluding carboxylic acids is 1. The molecule has 0 N–H and O–H groups in total. The Kier molecular flexibility index (Phi) is 2.10. The van der Waals surface area contributed by atoms with Crippen LogP contribution in [0.1, 0.15) is 10.5 Å². The van der Waals surface area contributed by atoms with Gasteiger partial charge in [0.25, 0.3) is 5.78 Å². The molecule has 0 saturated carbocycles. The molecule has 4 heteroatoms. The van der Waals surface area contributed by atoms with Crippen LogP contribution in [-0.4, -0.2) is 15.2 Å². The van der Waals surface area contributed by atoms with E-state index in [-0.39, 0.29) is 0 Å². The van der Waals surface area contributed by atoms with Crippen LogP contribution in [0.2, 0.25) is 0 Å². The number of imidazole rings is 1. The Morgan fingerprint density at radius 1 is 1.57 bits per heavy atom. The molecule has 0 aliphatic carbocycles. The van der Waals surface area contributed by atoms with E-state index in [4.69, 9.17) is 6.42 Å². The number of hydrogen-bond donors (Lipinski definition) is 0. The lowest BCUT2D eigenvalue weighted by Gasteiger charge is -1.94. The van der Waals surface area contributed by atoms with Gasteiger partial charge in [0, 0.05) is 10.7 Å². The first-order valence-corrected chi connectivity index (χ1v) is 4.65. The predicted octanol–water partition coefficient (Wildman–Crippen LogP) is 1.91. The molecule has 3 nitrogen and oxygen atoms in total. The molecule has 14 heavy (non-hydrogen) atoms. The van der Waals surface area contributed by atoms with Crippen molar-refractivity contribution in [2.75, 3.05) is 0 Å². The molecular weight excluding hydrogens is 244 g/mol. The van der Waals surface area contributed by atoms with Crippen LogP contribution < -0.4 is 0 Å². The summed E-state index contributed by atoms with van der Waals surface area (Å²) < 4.78 is 2.66. The number of fused-ring (bicyclic) bond motifs is 1. The van der Waals surface area contributed by atoms with Crippen molar-refractivity contribution in [3.05, 3.63) is 34.8 Å². The molecule has 0 unspecified atom stereocenters. The molecule has 2 rings (SSSR count). The zero-order valence-corrected chi connectivity index (χ0v) is 8.65. The fraction of sp³-hybridized carbons (Fsp3) is 0. The number of ketones is 1. The molecule has 2 aromatic heterocycles. The lowest BCUT2D eigenvalue weighted by Crippen LogP contribution is -1.95. The maximum atomic E-state index is 11.2. The van der Waals surface area contributed by atoms with Gasteiger partial charge in [-0.05, 0) is 34.0 Å². The van der Waals surface area contributed by atoms with Crippen molar-refractivity contribution in [1.29, 1.82) is 0 Å². The van der Waals surface area contributed by atoms with Crippen molar-refractivity contribution in [3.63, 3.8) is 0 Å². The van der Waals surface area contributed by atoms with Crippen molar-refractivity contribution >= 4 is 27.2 Å². The average molecular weight is 249 g/mol. The summed E-state index contributed by atoms with van der Waals surface area (Å²) in [6.07, 6.45) is 8.40. The fourth-order valence-electron chi connectivity index (χ4n) is 1.22. The van der Waals surface area contributed by atoms with Crippen molar-refractivity contribution in [3.8, 4) is 12.3 Å². The predicted molar refractivity (Wildman–Crippen MR) is 56.1 cm³/mol. The first-order chi connectivity index (χ1) is 6.72. The molecule has 0 aromatic carbocycles. The highest BCUT2D eigenvalue weighted by Crippen LogP contribution is 2.15. The number of carbonyl (C=O) groups is 1. The summed E-state index contributed by atoms with van der Waals surface area (Å²) in [5.41, 5.74) is 1.04. The number of Topliss-reactive ketones (excluding diaryl/α,β-unsaturated/α-hetero) is 1. The normalized spacial score (nSPS) is 10.0. The molecular formula is C10H5BrN2O. The van der Waals surface area contributed by atoms with Gasteiger partial charge in [0.1, 0.15) is 12.0 Å². The molecule has 2 aromatic rings. The average Bonchev–Trinajstić information content (AvgIpc) is 2.59. The van der Waals surface area contributed by atoms with Crippen LogP contribution in [0, 0.1) is 12.3 Å². The minimum Gasteiger partial charge on any atom is -0.304 e. The highest BCUT2D eigenvalue weighted by molar-refractivity contribution is 9.10. The maximum Gasteiger partial charge on any atom is 0.256 e. The van der Waals surface area contributed by atoms with E-state index < -0.39 is 5.78 Å². The first kappa shape index (κ1) is 8.97. The molecule has 0 aliphatic heterocycles. The second-order valence-electron chi connectivity index (χ2n) is 2.71. The SMILES string of the molecule is C#CC(=O)c1ncn2cc(Br)ccc12. The van der Waals surface area contributed by atoms with Crippen molar-refractivity contribution in [2.24, 2.45) is 0 Å². The third kappa shape index (κ3) is 1.32. The van der Waals surface area contributed by atoms with Crippen LogP contribution in [0.15, 0.2) is 29.1 Å². The van der Waals surface area contributed by atoms with Gasteiger partial charge in [-0.1, -0.05) is 0 Å². The fourth-order valence-corrected chi connectivity index (χ4v) is 1.57. The Morgan fingerprint density at radius 2 is 2.36 bits per heavy atom.